The molecule has 0 saturated heterocycles. The quantitative estimate of drug-likeness (QED) is 0.473. The van der Waals surface area contributed by atoms with Crippen LogP contribution < -0.4 is 4.74 Å². The second-order valence-electron chi connectivity index (χ2n) is 4.66. The SMILES string of the molecule is OCC1C(O)C(O)C1(O)C(O)Oc1ccc(Br)cc1Cl. The Bertz CT molecular complexity index is 501. The van der Waals surface area contributed by atoms with Crippen molar-refractivity contribution >= 4 is 27.5 Å². The molecule has 0 bridgehead atoms. The Balaban J connectivity index is 2.17. The summed E-state index contributed by atoms with van der Waals surface area (Å²) in [6.07, 6.45) is -4.80. The minimum atomic E-state index is -2.16. The van der Waals surface area contributed by atoms with E-state index in [2.05, 4.69) is 15.9 Å². The Kier molecular flexibility index (Phi) is 4.60. The highest BCUT2D eigenvalue weighted by Gasteiger charge is 2.65. The maximum Gasteiger partial charge on any atom is 0.229 e. The van der Waals surface area contributed by atoms with Crippen LogP contribution >= 0.6 is 27.5 Å². The van der Waals surface area contributed by atoms with Crippen LogP contribution in [-0.4, -0.2) is 56.2 Å². The Morgan fingerprint density at radius 1 is 1.40 bits per heavy atom. The van der Waals surface area contributed by atoms with Crippen LogP contribution in [0.15, 0.2) is 22.7 Å². The van der Waals surface area contributed by atoms with Crippen LogP contribution in [0.1, 0.15) is 0 Å². The van der Waals surface area contributed by atoms with Gasteiger partial charge in [-0.05, 0) is 18.2 Å². The molecule has 2 rings (SSSR count). The Hall–Kier alpha value is -0.410. The molecule has 5 atom stereocenters. The number of halogens is 2. The molecule has 1 saturated carbocycles. The van der Waals surface area contributed by atoms with Crippen LogP contribution in [0.2, 0.25) is 5.02 Å². The summed E-state index contributed by atoms with van der Waals surface area (Å²) < 4.78 is 5.83. The molecule has 6 nitrogen and oxygen atoms in total. The second kappa shape index (κ2) is 5.76. The van der Waals surface area contributed by atoms with Crippen molar-refractivity contribution in [3.63, 3.8) is 0 Å². The molecule has 112 valence electrons. The van der Waals surface area contributed by atoms with Gasteiger partial charge in [-0.25, -0.2) is 0 Å². The third-order valence-electron chi connectivity index (χ3n) is 3.53. The lowest BCUT2D eigenvalue weighted by Crippen LogP contribution is -2.76. The zero-order valence-corrected chi connectivity index (χ0v) is 12.5. The summed E-state index contributed by atoms with van der Waals surface area (Å²) in [6, 6.07) is 4.62. The predicted octanol–water partition coefficient (Wildman–Crippen LogP) is -0.125. The van der Waals surface area contributed by atoms with Crippen LogP contribution in [0.5, 0.6) is 5.75 Å². The predicted molar refractivity (Wildman–Crippen MR) is 73.3 cm³/mol. The molecule has 1 fully saturated rings. The summed E-state index contributed by atoms with van der Waals surface area (Å²) in [7, 11) is 0. The fraction of sp³-hybridized carbons (Fsp3) is 0.500. The number of aliphatic hydroxyl groups is 5. The summed E-state index contributed by atoms with van der Waals surface area (Å²) in [4.78, 5) is 0. The first kappa shape index (κ1) is 16.0. The molecule has 1 aromatic carbocycles. The second-order valence-corrected chi connectivity index (χ2v) is 5.98. The topological polar surface area (TPSA) is 110 Å². The fourth-order valence-corrected chi connectivity index (χ4v) is 2.95. The van der Waals surface area contributed by atoms with E-state index in [1.807, 2.05) is 0 Å². The number of ether oxygens (including phenoxy) is 1. The molecule has 0 aliphatic heterocycles. The Labute approximate surface area is 128 Å². The van der Waals surface area contributed by atoms with Crippen molar-refractivity contribution in [2.24, 2.45) is 5.92 Å². The number of benzene rings is 1. The van der Waals surface area contributed by atoms with E-state index in [4.69, 9.17) is 21.4 Å². The molecule has 1 aliphatic rings. The highest BCUT2D eigenvalue weighted by atomic mass is 79.9. The summed E-state index contributed by atoms with van der Waals surface area (Å²) in [5, 5.41) is 48.5. The molecular weight excluding hydrogens is 355 g/mol. The number of rotatable bonds is 4. The number of hydrogen-bond acceptors (Lipinski definition) is 6. The smallest absolute Gasteiger partial charge is 0.229 e. The van der Waals surface area contributed by atoms with Crippen molar-refractivity contribution in [3.8, 4) is 5.75 Å². The summed E-state index contributed by atoms with van der Waals surface area (Å²) in [5.74, 6) is -1.01. The molecule has 0 radical (unpaired) electrons. The van der Waals surface area contributed by atoms with Crippen LogP contribution in [0.3, 0.4) is 0 Å². The van der Waals surface area contributed by atoms with Crippen LogP contribution in [0.25, 0.3) is 0 Å². The van der Waals surface area contributed by atoms with Gasteiger partial charge in [-0.3, -0.25) is 0 Å². The van der Waals surface area contributed by atoms with E-state index in [0.29, 0.717) is 4.47 Å². The van der Waals surface area contributed by atoms with Crippen molar-refractivity contribution in [1.82, 2.24) is 0 Å². The summed E-state index contributed by atoms with van der Waals surface area (Å²) in [5.41, 5.74) is -2.16. The van der Waals surface area contributed by atoms with Gasteiger partial charge >= 0.3 is 0 Å². The largest absolute Gasteiger partial charge is 0.460 e. The Morgan fingerprint density at radius 2 is 2.05 bits per heavy atom. The molecular formula is C12H14BrClO6. The molecule has 20 heavy (non-hydrogen) atoms. The van der Waals surface area contributed by atoms with E-state index in [1.165, 1.54) is 12.1 Å². The molecule has 0 spiro atoms. The third-order valence-corrected chi connectivity index (χ3v) is 4.32. The van der Waals surface area contributed by atoms with Crippen molar-refractivity contribution in [1.29, 1.82) is 0 Å². The third kappa shape index (κ3) is 2.43. The molecule has 0 heterocycles. The van der Waals surface area contributed by atoms with Gasteiger partial charge in [0, 0.05) is 10.4 Å². The lowest BCUT2D eigenvalue weighted by atomic mass is 9.64. The standard InChI is InChI=1S/C12H14BrClO6/c13-5-1-2-8(7(14)3-5)20-11(18)12(19)6(4-15)9(16)10(12)17/h1-3,6,9-11,15-19H,4H2. The molecule has 0 amide bonds. The van der Waals surface area contributed by atoms with Gasteiger partial charge in [-0.1, -0.05) is 27.5 Å². The molecule has 1 aliphatic carbocycles. The highest BCUT2D eigenvalue weighted by Crippen LogP contribution is 2.42. The van der Waals surface area contributed by atoms with Gasteiger partial charge < -0.3 is 30.3 Å². The first-order valence-electron chi connectivity index (χ1n) is 5.81. The van der Waals surface area contributed by atoms with Crippen molar-refractivity contribution in [2.75, 3.05) is 6.61 Å². The molecule has 0 aromatic heterocycles. The molecule has 8 heteroatoms. The maximum atomic E-state index is 10.2. The van der Waals surface area contributed by atoms with E-state index < -0.39 is 36.6 Å². The Morgan fingerprint density at radius 3 is 2.60 bits per heavy atom. The minimum Gasteiger partial charge on any atom is -0.460 e. The van der Waals surface area contributed by atoms with E-state index >= 15 is 0 Å². The van der Waals surface area contributed by atoms with Crippen LogP contribution in [0.4, 0.5) is 0 Å². The van der Waals surface area contributed by atoms with E-state index in [1.54, 1.807) is 6.07 Å². The first-order valence-corrected chi connectivity index (χ1v) is 6.98. The normalized spacial score (nSPS) is 34.5. The average molecular weight is 370 g/mol. The maximum absolute atomic E-state index is 10.2. The first-order chi connectivity index (χ1) is 9.32. The van der Waals surface area contributed by atoms with Gasteiger partial charge in [0.05, 0.1) is 17.7 Å². The van der Waals surface area contributed by atoms with E-state index in [0.717, 1.165) is 0 Å². The summed E-state index contributed by atoms with van der Waals surface area (Å²) >= 11 is 9.12. The monoisotopic (exact) mass is 368 g/mol. The molecule has 5 unspecified atom stereocenters. The average Bonchev–Trinajstić information content (AvgIpc) is 2.41. The minimum absolute atomic E-state index is 0.0982. The van der Waals surface area contributed by atoms with Crippen LogP contribution in [0, 0.1) is 5.92 Å². The van der Waals surface area contributed by atoms with Crippen molar-refractivity contribution in [2.45, 2.75) is 24.1 Å². The number of aliphatic hydroxyl groups excluding tert-OH is 4. The lowest BCUT2D eigenvalue weighted by Gasteiger charge is -2.53. The van der Waals surface area contributed by atoms with E-state index in [9.17, 15) is 20.4 Å². The van der Waals surface area contributed by atoms with Gasteiger partial charge in [-0.15, -0.1) is 0 Å². The van der Waals surface area contributed by atoms with Gasteiger partial charge in [0.2, 0.25) is 6.29 Å². The fourth-order valence-electron chi connectivity index (χ4n) is 2.24. The summed E-state index contributed by atoms with van der Waals surface area (Å²) in [6.45, 7) is -0.608. The molecule has 5 N–H and O–H groups in total. The van der Waals surface area contributed by atoms with Crippen molar-refractivity contribution < 1.29 is 30.3 Å². The lowest BCUT2D eigenvalue weighted by molar-refractivity contribution is -0.332. The van der Waals surface area contributed by atoms with Gasteiger partial charge in [0.25, 0.3) is 0 Å². The zero-order valence-electron chi connectivity index (χ0n) is 10.1. The van der Waals surface area contributed by atoms with Gasteiger partial charge in [0.1, 0.15) is 11.9 Å². The van der Waals surface area contributed by atoms with Gasteiger partial charge in [0.15, 0.2) is 5.60 Å². The van der Waals surface area contributed by atoms with Gasteiger partial charge in [-0.2, -0.15) is 0 Å². The number of hydrogen-bond donors (Lipinski definition) is 5. The van der Waals surface area contributed by atoms with Crippen molar-refractivity contribution in [3.05, 3.63) is 27.7 Å². The van der Waals surface area contributed by atoms with Crippen LogP contribution in [-0.2, 0) is 0 Å². The molecule has 1 aromatic rings. The highest BCUT2D eigenvalue weighted by molar-refractivity contribution is 9.10. The zero-order chi connectivity index (χ0) is 15.1. The van der Waals surface area contributed by atoms with E-state index in [-0.39, 0.29) is 10.8 Å².